The third-order valence-corrected chi connectivity index (χ3v) is 6.55. The highest BCUT2D eigenvalue weighted by Gasteiger charge is 2.24. The first-order valence-electron chi connectivity index (χ1n) is 10.1. The second kappa shape index (κ2) is 10.1. The van der Waals surface area contributed by atoms with Gasteiger partial charge in [0.25, 0.3) is 5.91 Å². The molecule has 30 heavy (non-hydrogen) atoms. The lowest BCUT2D eigenvalue weighted by Crippen LogP contribution is -2.37. The van der Waals surface area contributed by atoms with Gasteiger partial charge in [-0.2, -0.15) is 0 Å². The topological polar surface area (TPSA) is 84.9 Å². The third-order valence-electron chi connectivity index (χ3n) is 4.99. The van der Waals surface area contributed by atoms with E-state index < -0.39 is 10.0 Å². The molecule has 1 atom stereocenters. The van der Waals surface area contributed by atoms with Gasteiger partial charge in [-0.25, -0.2) is 13.1 Å². The maximum absolute atomic E-state index is 13.3. The van der Waals surface area contributed by atoms with E-state index in [1.807, 2.05) is 24.3 Å². The lowest BCUT2D eigenvalue weighted by Gasteiger charge is -2.26. The molecule has 1 unspecified atom stereocenters. The van der Waals surface area contributed by atoms with E-state index in [-0.39, 0.29) is 16.9 Å². The first-order chi connectivity index (χ1) is 14.4. The van der Waals surface area contributed by atoms with Crippen molar-refractivity contribution in [2.24, 2.45) is 0 Å². The van der Waals surface area contributed by atoms with Crippen LogP contribution in [0.15, 0.2) is 53.4 Å². The molecule has 0 bridgehead atoms. The van der Waals surface area contributed by atoms with Gasteiger partial charge in [-0.1, -0.05) is 19.1 Å². The minimum absolute atomic E-state index is 0.00737. The number of hydrogen-bond donors (Lipinski definition) is 1. The molecule has 8 heteroatoms. The molecule has 0 aliphatic carbocycles. The Bertz CT molecular complexity index is 954. The fraction of sp³-hybridized carbons (Fsp3) is 0.409. The van der Waals surface area contributed by atoms with Crippen LogP contribution in [0.4, 0.5) is 0 Å². The summed E-state index contributed by atoms with van der Waals surface area (Å²) in [7, 11) is -1.95. The van der Waals surface area contributed by atoms with Gasteiger partial charge in [0.15, 0.2) is 0 Å². The van der Waals surface area contributed by atoms with Crippen LogP contribution in [0.1, 0.15) is 35.7 Å². The number of nitrogens with one attached hydrogen (secondary N) is 1. The number of sulfonamides is 1. The molecular weight excluding hydrogens is 404 g/mol. The molecule has 0 spiro atoms. The minimum atomic E-state index is -3.56. The number of benzene rings is 2. The van der Waals surface area contributed by atoms with Crippen molar-refractivity contribution >= 4 is 15.9 Å². The van der Waals surface area contributed by atoms with E-state index in [4.69, 9.17) is 9.47 Å². The average molecular weight is 433 g/mol. The van der Waals surface area contributed by atoms with E-state index in [9.17, 15) is 13.2 Å². The fourth-order valence-electron chi connectivity index (χ4n) is 3.48. The number of nitrogens with zero attached hydrogens (tertiary/aromatic N) is 1. The summed E-state index contributed by atoms with van der Waals surface area (Å²) in [5.41, 5.74) is 1.39. The van der Waals surface area contributed by atoms with Crippen molar-refractivity contribution < 1.29 is 22.7 Å². The zero-order valence-corrected chi connectivity index (χ0v) is 18.2. The van der Waals surface area contributed by atoms with Crippen LogP contribution < -0.4 is 9.46 Å². The summed E-state index contributed by atoms with van der Waals surface area (Å²) in [6.45, 7) is 3.62. The Morgan fingerprint density at radius 3 is 2.63 bits per heavy atom. The molecule has 1 N–H and O–H groups in total. The first-order valence-corrected chi connectivity index (χ1v) is 11.5. The van der Waals surface area contributed by atoms with Crippen molar-refractivity contribution in [3.63, 3.8) is 0 Å². The molecular formula is C22H28N2O5S. The molecule has 1 amide bonds. The predicted octanol–water partition coefficient (Wildman–Crippen LogP) is 2.81. The normalized spacial score (nSPS) is 16.4. The van der Waals surface area contributed by atoms with Crippen molar-refractivity contribution in [1.82, 2.24) is 9.62 Å². The number of amides is 1. The second-order valence-electron chi connectivity index (χ2n) is 7.20. The molecule has 1 aliphatic heterocycles. The highest BCUT2D eigenvalue weighted by molar-refractivity contribution is 7.89. The zero-order valence-electron chi connectivity index (χ0n) is 17.3. The average Bonchev–Trinajstić information content (AvgIpc) is 3.26. The third kappa shape index (κ3) is 5.59. The smallest absolute Gasteiger partial charge is 0.254 e. The van der Waals surface area contributed by atoms with Crippen molar-refractivity contribution in [3.05, 3.63) is 59.7 Å². The Morgan fingerprint density at radius 1 is 1.23 bits per heavy atom. The van der Waals surface area contributed by atoms with Crippen LogP contribution in [0.25, 0.3) is 0 Å². The lowest BCUT2D eigenvalue weighted by molar-refractivity contribution is 0.0507. The van der Waals surface area contributed by atoms with Crippen LogP contribution in [-0.2, 0) is 21.3 Å². The number of carbonyl (C=O) groups is 1. The van der Waals surface area contributed by atoms with Crippen LogP contribution in [0.2, 0.25) is 0 Å². The monoisotopic (exact) mass is 432 g/mol. The number of hydrogen-bond acceptors (Lipinski definition) is 5. The molecule has 0 saturated carbocycles. The van der Waals surface area contributed by atoms with Crippen LogP contribution in [-0.4, -0.2) is 52.1 Å². The van der Waals surface area contributed by atoms with E-state index >= 15 is 0 Å². The summed E-state index contributed by atoms with van der Waals surface area (Å²) < 4.78 is 37.8. The molecule has 0 radical (unpaired) electrons. The standard InChI is InChI=1S/C22H28N2O5S/c1-3-23-30(26,27)21-11-9-18(10-12-21)22(25)24(16-20-8-5-13-29-20)15-17-6-4-7-19(14-17)28-2/h4,6-7,9-12,14,20,23H,3,5,8,13,15-16H2,1-2H3. The maximum atomic E-state index is 13.3. The minimum Gasteiger partial charge on any atom is -0.497 e. The van der Waals surface area contributed by atoms with Gasteiger partial charge < -0.3 is 14.4 Å². The predicted molar refractivity (Wildman–Crippen MR) is 114 cm³/mol. The molecule has 1 fully saturated rings. The van der Waals surface area contributed by atoms with Crippen molar-refractivity contribution in [2.45, 2.75) is 37.3 Å². The fourth-order valence-corrected chi connectivity index (χ4v) is 4.52. The van der Waals surface area contributed by atoms with E-state index in [2.05, 4.69) is 4.72 Å². The van der Waals surface area contributed by atoms with Gasteiger partial charge in [0.2, 0.25) is 10.0 Å². The summed E-state index contributed by atoms with van der Waals surface area (Å²) in [6.07, 6.45) is 1.91. The molecule has 1 aliphatic rings. The largest absolute Gasteiger partial charge is 0.497 e. The van der Waals surface area contributed by atoms with Crippen LogP contribution in [0.5, 0.6) is 5.75 Å². The van der Waals surface area contributed by atoms with Gasteiger partial charge in [-0.3, -0.25) is 4.79 Å². The van der Waals surface area contributed by atoms with E-state index in [0.717, 1.165) is 24.2 Å². The Balaban J connectivity index is 1.81. The van der Waals surface area contributed by atoms with Crippen LogP contribution in [0.3, 0.4) is 0 Å². The van der Waals surface area contributed by atoms with Crippen molar-refractivity contribution in [1.29, 1.82) is 0 Å². The highest BCUT2D eigenvalue weighted by Crippen LogP contribution is 2.20. The molecule has 1 heterocycles. The summed E-state index contributed by atoms with van der Waals surface area (Å²) in [6, 6.07) is 13.6. The summed E-state index contributed by atoms with van der Waals surface area (Å²) in [5.74, 6) is 0.565. The SMILES string of the molecule is CCNS(=O)(=O)c1ccc(C(=O)N(Cc2cccc(OC)c2)CC2CCCO2)cc1. The van der Waals surface area contributed by atoms with Gasteiger partial charge in [-0.15, -0.1) is 0 Å². The van der Waals surface area contributed by atoms with Crippen LogP contribution >= 0.6 is 0 Å². The number of ether oxygens (including phenoxy) is 2. The van der Waals surface area contributed by atoms with Crippen molar-refractivity contribution in [2.75, 3.05) is 26.8 Å². The zero-order chi connectivity index (χ0) is 21.6. The highest BCUT2D eigenvalue weighted by atomic mass is 32.2. The maximum Gasteiger partial charge on any atom is 0.254 e. The van der Waals surface area contributed by atoms with E-state index in [1.54, 1.807) is 31.1 Å². The van der Waals surface area contributed by atoms with Crippen LogP contribution in [0, 0.1) is 0 Å². The van der Waals surface area contributed by atoms with E-state index in [1.165, 1.54) is 12.1 Å². The molecule has 2 aromatic carbocycles. The molecule has 2 aromatic rings. The summed E-state index contributed by atoms with van der Waals surface area (Å²) in [4.78, 5) is 15.1. The van der Waals surface area contributed by atoms with Gasteiger partial charge >= 0.3 is 0 Å². The first kappa shape index (κ1) is 22.3. The van der Waals surface area contributed by atoms with Crippen molar-refractivity contribution in [3.8, 4) is 5.75 Å². The molecule has 3 rings (SSSR count). The molecule has 162 valence electrons. The molecule has 1 saturated heterocycles. The van der Waals surface area contributed by atoms with Gasteiger partial charge in [-0.05, 0) is 54.8 Å². The Hall–Kier alpha value is -2.42. The van der Waals surface area contributed by atoms with Gasteiger partial charge in [0.05, 0.1) is 18.1 Å². The van der Waals surface area contributed by atoms with Gasteiger partial charge in [0, 0.05) is 31.8 Å². The molecule has 0 aromatic heterocycles. The number of rotatable bonds is 9. The molecule has 7 nitrogen and oxygen atoms in total. The van der Waals surface area contributed by atoms with Gasteiger partial charge in [0.1, 0.15) is 5.75 Å². The Labute approximate surface area is 178 Å². The Kier molecular flexibility index (Phi) is 7.47. The summed E-state index contributed by atoms with van der Waals surface area (Å²) >= 11 is 0. The Morgan fingerprint density at radius 2 is 2.00 bits per heavy atom. The lowest BCUT2D eigenvalue weighted by atomic mass is 10.1. The van der Waals surface area contributed by atoms with E-state index in [0.29, 0.717) is 31.8 Å². The second-order valence-corrected chi connectivity index (χ2v) is 8.96. The quantitative estimate of drug-likeness (QED) is 0.659. The summed E-state index contributed by atoms with van der Waals surface area (Å²) in [5, 5.41) is 0. The number of carbonyl (C=O) groups excluding carboxylic acids is 1. The number of methoxy groups -OCH3 is 1.